The zero-order chi connectivity index (χ0) is 13.0. The average molecular weight is 273 g/mol. The molecule has 0 radical (unpaired) electrons. The molecule has 1 aliphatic heterocycles. The van der Waals surface area contributed by atoms with Gasteiger partial charge in [-0.05, 0) is 6.92 Å². The zero-order valence-electron chi connectivity index (χ0n) is 10.3. The van der Waals surface area contributed by atoms with Crippen LogP contribution in [0.3, 0.4) is 0 Å². The van der Waals surface area contributed by atoms with Gasteiger partial charge >= 0.3 is 0 Å². The highest BCUT2D eigenvalue weighted by atomic mass is 35.5. The fourth-order valence-electron chi connectivity index (χ4n) is 1.68. The summed E-state index contributed by atoms with van der Waals surface area (Å²) in [6.45, 7) is 5.06. The van der Waals surface area contributed by atoms with E-state index in [1.54, 1.807) is 13.0 Å². The highest BCUT2D eigenvalue weighted by Crippen LogP contribution is 2.19. The number of halogens is 1. The van der Waals surface area contributed by atoms with E-state index < -0.39 is 6.10 Å². The van der Waals surface area contributed by atoms with E-state index in [-0.39, 0.29) is 0 Å². The lowest BCUT2D eigenvalue weighted by atomic mass is 10.4. The van der Waals surface area contributed by atoms with E-state index in [1.165, 1.54) is 0 Å². The van der Waals surface area contributed by atoms with Gasteiger partial charge in [0.25, 0.3) is 0 Å². The van der Waals surface area contributed by atoms with Gasteiger partial charge in [0.2, 0.25) is 5.95 Å². The SMILES string of the molecule is CC(O)CNc1nc(Cl)cc(N2CCOCC2)n1. The van der Waals surface area contributed by atoms with Gasteiger partial charge in [-0.25, -0.2) is 4.98 Å². The Morgan fingerprint density at radius 1 is 1.50 bits per heavy atom. The monoisotopic (exact) mass is 272 g/mol. The maximum absolute atomic E-state index is 9.22. The fourth-order valence-corrected chi connectivity index (χ4v) is 1.86. The summed E-state index contributed by atoms with van der Waals surface area (Å²) in [6.07, 6.45) is -0.459. The van der Waals surface area contributed by atoms with Crippen LogP contribution in [0.2, 0.25) is 5.15 Å². The predicted molar refractivity (Wildman–Crippen MR) is 70.2 cm³/mol. The third-order valence-electron chi connectivity index (χ3n) is 2.57. The molecule has 2 heterocycles. The largest absolute Gasteiger partial charge is 0.392 e. The van der Waals surface area contributed by atoms with Crippen LogP contribution < -0.4 is 10.2 Å². The van der Waals surface area contributed by atoms with E-state index in [9.17, 15) is 5.11 Å². The number of nitrogens with zero attached hydrogens (tertiary/aromatic N) is 3. The zero-order valence-corrected chi connectivity index (χ0v) is 11.0. The van der Waals surface area contributed by atoms with E-state index >= 15 is 0 Å². The molecule has 0 aliphatic carbocycles. The Bertz CT molecular complexity index is 397. The first-order valence-electron chi connectivity index (χ1n) is 5.94. The van der Waals surface area contributed by atoms with E-state index in [4.69, 9.17) is 16.3 Å². The average Bonchev–Trinajstić information content (AvgIpc) is 2.37. The van der Waals surface area contributed by atoms with Gasteiger partial charge in [0, 0.05) is 25.7 Å². The summed E-state index contributed by atoms with van der Waals surface area (Å²) in [6, 6.07) is 1.74. The van der Waals surface area contributed by atoms with Crippen molar-refractivity contribution in [3.63, 3.8) is 0 Å². The summed E-state index contributed by atoms with van der Waals surface area (Å²) in [5.74, 6) is 1.22. The lowest BCUT2D eigenvalue weighted by Gasteiger charge is -2.28. The summed E-state index contributed by atoms with van der Waals surface area (Å²) in [4.78, 5) is 10.6. The Kier molecular flexibility index (Phi) is 4.57. The Hall–Kier alpha value is -1.11. The second-order valence-electron chi connectivity index (χ2n) is 4.20. The van der Waals surface area contributed by atoms with Crippen molar-refractivity contribution in [3.8, 4) is 0 Å². The molecule has 1 saturated heterocycles. The summed E-state index contributed by atoms with van der Waals surface area (Å²) >= 11 is 5.97. The van der Waals surface area contributed by atoms with Crippen molar-refractivity contribution >= 4 is 23.4 Å². The Labute approximate surface area is 111 Å². The van der Waals surface area contributed by atoms with Crippen molar-refractivity contribution in [1.29, 1.82) is 0 Å². The summed E-state index contributed by atoms with van der Waals surface area (Å²) < 4.78 is 5.29. The van der Waals surface area contributed by atoms with Crippen molar-refractivity contribution in [2.75, 3.05) is 43.1 Å². The molecule has 1 atom stereocenters. The van der Waals surface area contributed by atoms with Crippen molar-refractivity contribution < 1.29 is 9.84 Å². The molecule has 0 bridgehead atoms. The van der Waals surface area contributed by atoms with Gasteiger partial charge in [-0.3, -0.25) is 0 Å². The molecular weight excluding hydrogens is 256 g/mol. The molecule has 1 unspecified atom stereocenters. The number of ether oxygens (including phenoxy) is 1. The number of morpholine rings is 1. The fraction of sp³-hybridized carbons (Fsp3) is 0.636. The number of aromatic nitrogens is 2. The third-order valence-corrected chi connectivity index (χ3v) is 2.77. The second kappa shape index (κ2) is 6.17. The smallest absolute Gasteiger partial charge is 0.226 e. The van der Waals surface area contributed by atoms with Crippen LogP contribution in [0.1, 0.15) is 6.92 Å². The molecule has 6 nitrogen and oxygen atoms in total. The van der Waals surface area contributed by atoms with E-state index in [2.05, 4.69) is 20.2 Å². The Balaban J connectivity index is 2.09. The minimum Gasteiger partial charge on any atom is -0.392 e. The highest BCUT2D eigenvalue weighted by molar-refractivity contribution is 6.29. The van der Waals surface area contributed by atoms with E-state index in [0.29, 0.717) is 30.9 Å². The van der Waals surface area contributed by atoms with Crippen LogP contribution in [-0.4, -0.2) is 54.0 Å². The molecule has 1 aromatic rings. The van der Waals surface area contributed by atoms with E-state index in [0.717, 1.165) is 18.9 Å². The molecule has 0 amide bonds. The topological polar surface area (TPSA) is 70.5 Å². The van der Waals surface area contributed by atoms with Gasteiger partial charge in [-0.1, -0.05) is 11.6 Å². The molecule has 1 fully saturated rings. The van der Waals surface area contributed by atoms with E-state index in [1.807, 2.05) is 0 Å². The molecule has 2 rings (SSSR count). The summed E-state index contributed by atoms with van der Waals surface area (Å²) in [5.41, 5.74) is 0. The highest BCUT2D eigenvalue weighted by Gasteiger charge is 2.14. The lowest BCUT2D eigenvalue weighted by Crippen LogP contribution is -2.37. The van der Waals surface area contributed by atoms with Crippen LogP contribution >= 0.6 is 11.6 Å². The number of hydrogen-bond acceptors (Lipinski definition) is 6. The molecule has 7 heteroatoms. The number of hydrogen-bond donors (Lipinski definition) is 2. The number of rotatable bonds is 4. The molecule has 1 aromatic heterocycles. The molecule has 0 spiro atoms. The number of nitrogens with one attached hydrogen (secondary N) is 1. The summed E-state index contributed by atoms with van der Waals surface area (Å²) in [5, 5.41) is 12.6. The van der Waals surface area contributed by atoms with Gasteiger partial charge in [-0.2, -0.15) is 4.98 Å². The van der Waals surface area contributed by atoms with Gasteiger partial charge in [0.15, 0.2) is 0 Å². The van der Waals surface area contributed by atoms with Gasteiger partial charge in [0.1, 0.15) is 11.0 Å². The maximum Gasteiger partial charge on any atom is 0.226 e. The van der Waals surface area contributed by atoms with Gasteiger partial charge < -0.3 is 20.1 Å². The molecule has 0 aromatic carbocycles. The molecule has 18 heavy (non-hydrogen) atoms. The van der Waals surface area contributed by atoms with Gasteiger partial charge in [0.05, 0.1) is 19.3 Å². The minimum absolute atomic E-state index is 0.389. The van der Waals surface area contributed by atoms with Crippen molar-refractivity contribution in [2.24, 2.45) is 0 Å². The minimum atomic E-state index is -0.459. The van der Waals surface area contributed by atoms with Crippen LogP contribution in [-0.2, 0) is 4.74 Å². The number of anilines is 2. The van der Waals surface area contributed by atoms with Crippen LogP contribution in [0.25, 0.3) is 0 Å². The van der Waals surface area contributed by atoms with Gasteiger partial charge in [-0.15, -0.1) is 0 Å². The van der Waals surface area contributed by atoms with Crippen molar-refractivity contribution in [1.82, 2.24) is 9.97 Å². The molecule has 1 aliphatic rings. The van der Waals surface area contributed by atoms with Crippen LogP contribution in [0.4, 0.5) is 11.8 Å². The van der Waals surface area contributed by atoms with Crippen LogP contribution in [0.5, 0.6) is 0 Å². The van der Waals surface area contributed by atoms with Crippen molar-refractivity contribution in [2.45, 2.75) is 13.0 Å². The summed E-state index contributed by atoms with van der Waals surface area (Å²) in [7, 11) is 0. The normalized spacial score (nSPS) is 17.6. The standard InChI is InChI=1S/C11H17ClN4O2/c1-8(17)7-13-11-14-9(12)6-10(15-11)16-2-4-18-5-3-16/h6,8,17H,2-5,7H2,1H3,(H,13,14,15). The predicted octanol–water partition coefficient (Wildman–Crippen LogP) is 0.759. The number of aliphatic hydroxyl groups excluding tert-OH is 1. The number of aliphatic hydroxyl groups is 1. The lowest BCUT2D eigenvalue weighted by molar-refractivity contribution is 0.122. The Morgan fingerprint density at radius 2 is 2.22 bits per heavy atom. The first-order chi connectivity index (χ1) is 8.65. The maximum atomic E-state index is 9.22. The van der Waals surface area contributed by atoms with Crippen LogP contribution in [0, 0.1) is 0 Å². The van der Waals surface area contributed by atoms with Crippen LogP contribution in [0.15, 0.2) is 6.07 Å². The molecule has 100 valence electrons. The molecule has 0 saturated carbocycles. The first kappa shape index (κ1) is 13.3. The van der Waals surface area contributed by atoms with Crippen molar-refractivity contribution in [3.05, 3.63) is 11.2 Å². The molecular formula is C11H17ClN4O2. The molecule has 2 N–H and O–H groups in total. The second-order valence-corrected chi connectivity index (χ2v) is 4.59. The quantitative estimate of drug-likeness (QED) is 0.789. The first-order valence-corrected chi connectivity index (χ1v) is 6.32. The Morgan fingerprint density at radius 3 is 2.89 bits per heavy atom. The third kappa shape index (κ3) is 3.69.